The SMILES string of the molecule is CC(O)=C(C#N)C(=S)Nc1ccccc1C(F)(F)F. The quantitative estimate of drug-likeness (QED) is 0.376. The van der Waals surface area contributed by atoms with Gasteiger partial charge in [-0.2, -0.15) is 18.4 Å². The summed E-state index contributed by atoms with van der Waals surface area (Å²) in [6, 6.07) is 6.36. The smallest absolute Gasteiger partial charge is 0.418 e. The van der Waals surface area contributed by atoms with E-state index in [4.69, 9.17) is 17.5 Å². The van der Waals surface area contributed by atoms with Crippen LogP contribution in [0.25, 0.3) is 0 Å². The molecule has 0 aliphatic rings. The van der Waals surface area contributed by atoms with Crippen LogP contribution < -0.4 is 5.32 Å². The van der Waals surface area contributed by atoms with Crippen molar-refractivity contribution >= 4 is 22.9 Å². The lowest BCUT2D eigenvalue weighted by Gasteiger charge is -2.14. The number of allylic oxidation sites excluding steroid dienone is 1. The molecule has 3 nitrogen and oxygen atoms in total. The number of aliphatic hydroxyl groups is 1. The first-order valence-electron chi connectivity index (χ1n) is 5.05. The minimum atomic E-state index is -4.54. The maximum atomic E-state index is 12.7. The molecule has 1 rings (SSSR count). The summed E-state index contributed by atoms with van der Waals surface area (Å²) in [5, 5.41) is 20.3. The number of halogens is 3. The lowest BCUT2D eigenvalue weighted by Crippen LogP contribution is -2.17. The second kappa shape index (κ2) is 5.71. The zero-order chi connectivity index (χ0) is 14.6. The van der Waals surface area contributed by atoms with Crippen LogP contribution in [0, 0.1) is 11.3 Å². The average Bonchev–Trinajstić information content (AvgIpc) is 2.28. The summed E-state index contributed by atoms with van der Waals surface area (Å²) >= 11 is 4.80. The predicted molar refractivity (Wildman–Crippen MR) is 68.6 cm³/mol. The van der Waals surface area contributed by atoms with Gasteiger partial charge in [0.1, 0.15) is 22.4 Å². The van der Waals surface area contributed by atoms with Crippen molar-refractivity contribution in [1.29, 1.82) is 5.26 Å². The molecule has 1 aromatic carbocycles. The summed E-state index contributed by atoms with van der Waals surface area (Å²) < 4.78 is 38.2. The van der Waals surface area contributed by atoms with Gasteiger partial charge >= 0.3 is 6.18 Å². The number of nitrogens with zero attached hydrogens (tertiary/aromatic N) is 1. The summed E-state index contributed by atoms with van der Waals surface area (Å²) in [7, 11) is 0. The van der Waals surface area contributed by atoms with Gasteiger partial charge in [-0.05, 0) is 19.1 Å². The van der Waals surface area contributed by atoms with E-state index in [0.717, 1.165) is 6.07 Å². The van der Waals surface area contributed by atoms with Crippen molar-refractivity contribution in [2.24, 2.45) is 0 Å². The van der Waals surface area contributed by atoms with Gasteiger partial charge in [0.15, 0.2) is 0 Å². The number of thiocarbonyl (C=S) groups is 1. The van der Waals surface area contributed by atoms with E-state index >= 15 is 0 Å². The van der Waals surface area contributed by atoms with Crippen LogP contribution >= 0.6 is 12.2 Å². The van der Waals surface area contributed by atoms with Crippen molar-refractivity contribution in [3.8, 4) is 6.07 Å². The Morgan fingerprint density at radius 2 is 1.95 bits per heavy atom. The van der Waals surface area contributed by atoms with E-state index < -0.39 is 11.7 Å². The molecule has 0 saturated heterocycles. The molecule has 0 amide bonds. The largest absolute Gasteiger partial charge is 0.511 e. The maximum Gasteiger partial charge on any atom is 0.418 e. The van der Waals surface area contributed by atoms with Crippen molar-refractivity contribution in [3.05, 3.63) is 41.2 Å². The molecule has 0 heterocycles. The minimum Gasteiger partial charge on any atom is -0.511 e. The van der Waals surface area contributed by atoms with Gasteiger partial charge in [0, 0.05) is 0 Å². The molecule has 0 aromatic heterocycles. The van der Waals surface area contributed by atoms with Gasteiger partial charge < -0.3 is 10.4 Å². The van der Waals surface area contributed by atoms with E-state index in [1.165, 1.54) is 25.1 Å². The molecule has 2 N–H and O–H groups in total. The Morgan fingerprint density at radius 3 is 2.42 bits per heavy atom. The van der Waals surface area contributed by atoms with Crippen molar-refractivity contribution in [2.45, 2.75) is 13.1 Å². The molecule has 0 saturated carbocycles. The molecule has 0 bridgehead atoms. The molecule has 0 radical (unpaired) electrons. The van der Waals surface area contributed by atoms with Crippen LogP contribution in [-0.4, -0.2) is 10.1 Å². The van der Waals surface area contributed by atoms with Crippen LogP contribution in [0.15, 0.2) is 35.6 Å². The Labute approximate surface area is 113 Å². The fourth-order valence-corrected chi connectivity index (χ4v) is 1.62. The Bertz CT molecular complexity index is 569. The number of nitriles is 1. The van der Waals surface area contributed by atoms with Crippen LogP contribution in [0.3, 0.4) is 0 Å². The zero-order valence-corrected chi connectivity index (χ0v) is 10.6. The number of benzene rings is 1. The van der Waals surface area contributed by atoms with Gasteiger partial charge in [0.05, 0.1) is 11.3 Å². The fourth-order valence-electron chi connectivity index (χ4n) is 1.32. The second-order valence-corrected chi connectivity index (χ2v) is 3.98. The summed E-state index contributed by atoms with van der Waals surface area (Å²) in [5.74, 6) is -0.357. The third kappa shape index (κ3) is 3.69. The molecular weight excluding hydrogens is 277 g/mol. The number of aliphatic hydroxyl groups excluding tert-OH is 1. The lowest BCUT2D eigenvalue weighted by atomic mass is 10.1. The van der Waals surface area contributed by atoms with Crippen molar-refractivity contribution in [1.82, 2.24) is 0 Å². The van der Waals surface area contributed by atoms with E-state index in [1.54, 1.807) is 6.07 Å². The normalized spacial score (nSPS) is 12.4. The highest BCUT2D eigenvalue weighted by Gasteiger charge is 2.33. The summed E-state index contributed by atoms with van der Waals surface area (Å²) in [6.45, 7) is 1.22. The number of hydrogen-bond acceptors (Lipinski definition) is 3. The Kier molecular flexibility index (Phi) is 4.51. The van der Waals surface area contributed by atoms with E-state index in [0.29, 0.717) is 0 Å². The molecule has 0 spiro atoms. The monoisotopic (exact) mass is 286 g/mol. The molecule has 100 valence electrons. The van der Waals surface area contributed by atoms with E-state index in [9.17, 15) is 18.3 Å². The summed E-state index contributed by atoms with van der Waals surface area (Å²) in [4.78, 5) is -0.265. The maximum absolute atomic E-state index is 12.7. The van der Waals surface area contributed by atoms with Gasteiger partial charge in [0.25, 0.3) is 0 Å². The average molecular weight is 286 g/mol. The first kappa shape index (κ1) is 15.0. The van der Waals surface area contributed by atoms with Crippen LogP contribution in [0.4, 0.5) is 18.9 Å². The van der Waals surface area contributed by atoms with Crippen LogP contribution in [0.2, 0.25) is 0 Å². The number of rotatable bonds is 2. The van der Waals surface area contributed by atoms with Gasteiger partial charge in [0.2, 0.25) is 0 Å². The fraction of sp³-hybridized carbons (Fsp3) is 0.167. The van der Waals surface area contributed by atoms with Crippen molar-refractivity contribution < 1.29 is 18.3 Å². The topological polar surface area (TPSA) is 56.0 Å². The van der Waals surface area contributed by atoms with Crippen LogP contribution in [-0.2, 0) is 6.18 Å². The Balaban J connectivity index is 3.13. The number of anilines is 1. The van der Waals surface area contributed by atoms with Crippen molar-refractivity contribution in [2.75, 3.05) is 5.32 Å². The molecule has 0 aliphatic heterocycles. The summed E-state index contributed by atoms with van der Waals surface area (Å²) in [6.07, 6.45) is -4.54. The third-order valence-corrected chi connectivity index (χ3v) is 2.49. The molecular formula is C12H9F3N2OS. The van der Waals surface area contributed by atoms with Crippen LogP contribution in [0.5, 0.6) is 0 Å². The van der Waals surface area contributed by atoms with E-state index in [2.05, 4.69) is 5.32 Å². The molecule has 1 aromatic rings. The number of alkyl halides is 3. The second-order valence-electron chi connectivity index (χ2n) is 3.57. The van der Waals surface area contributed by atoms with Gasteiger partial charge in [-0.3, -0.25) is 0 Å². The standard InChI is InChI=1S/C12H9F3N2OS/c1-7(18)8(6-16)11(19)17-10-5-3-2-4-9(10)12(13,14)15/h2-5,18H,1H3,(H,17,19). The van der Waals surface area contributed by atoms with Gasteiger partial charge in [-0.1, -0.05) is 24.4 Å². The highest BCUT2D eigenvalue weighted by atomic mass is 32.1. The first-order chi connectivity index (χ1) is 8.77. The Morgan fingerprint density at radius 1 is 1.37 bits per heavy atom. The predicted octanol–water partition coefficient (Wildman–Crippen LogP) is 3.80. The minimum absolute atomic E-state index is 0.265. The molecule has 7 heteroatoms. The van der Waals surface area contributed by atoms with E-state index in [-0.39, 0.29) is 22.0 Å². The van der Waals surface area contributed by atoms with Gasteiger partial charge in [-0.15, -0.1) is 0 Å². The number of hydrogen-bond donors (Lipinski definition) is 2. The zero-order valence-electron chi connectivity index (χ0n) is 9.75. The lowest BCUT2D eigenvalue weighted by molar-refractivity contribution is -0.136. The molecule has 0 atom stereocenters. The highest BCUT2D eigenvalue weighted by molar-refractivity contribution is 7.81. The Hall–Kier alpha value is -2.07. The number of nitrogens with one attached hydrogen (secondary N) is 1. The molecule has 0 aliphatic carbocycles. The molecule has 0 unspecified atom stereocenters. The summed E-state index contributed by atoms with van der Waals surface area (Å²) in [5.41, 5.74) is -1.44. The third-order valence-electron chi connectivity index (χ3n) is 2.18. The van der Waals surface area contributed by atoms with Crippen molar-refractivity contribution in [3.63, 3.8) is 0 Å². The number of para-hydroxylation sites is 1. The molecule has 19 heavy (non-hydrogen) atoms. The molecule has 0 fully saturated rings. The van der Waals surface area contributed by atoms with E-state index in [1.807, 2.05) is 0 Å². The highest BCUT2D eigenvalue weighted by Crippen LogP contribution is 2.34. The van der Waals surface area contributed by atoms with Gasteiger partial charge in [-0.25, -0.2) is 0 Å². The first-order valence-corrected chi connectivity index (χ1v) is 5.45. The van der Waals surface area contributed by atoms with Crippen LogP contribution in [0.1, 0.15) is 12.5 Å².